The fraction of sp³-hybridized carbons (Fsp3) is 0.333. The maximum atomic E-state index is 12.6. The van der Waals surface area contributed by atoms with Crippen molar-refractivity contribution in [1.29, 1.82) is 0 Å². The molecule has 0 bridgehead atoms. The molecule has 1 aliphatic heterocycles. The number of amides is 1. The number of methoxy groups -OCH3 is 3. The number of esters is 1. The zero-order valence-electron chi connectivity index (χ0n) is 17.1. The van der Waals surface area contributed by atoms with E-state index in [-0.39, 0.29) is 24.7 Å². The highest BCUT2D eigenvalue weighted by Crippen LogP contribution is 2.35. The van der Waals surface area contributed by atoms with Gasteiger partial charge in [0.15, 0.2) is 29.1 Å². The number of rotatable bonds is 8. The van der Waals surface area contributed by atoms with Crippen molar-refractivity contribution >= 4 is 11.9 Å². The van der Waals surface area contributed by atoms with E-state index >= 15 is 0 Å². The topological polar surface area (TPSA) is 102 Å². The Bertz CT molecular complexity index is 943. The van der Waals surface area contributed by atoms with Gasteiger partial charge in [0.25, 0.3) is 5.91 Å². The molecule has 3 rings (SSSR count). The standard InChI is InChI=1S/C21H23NO8/c1-12(20(23)22-10-13-5-6-15-19(7-13)29-11-28-15)30-21(24)14-8-17(26-3)18(27-4)9-16(14)25-2/h5-9,12H,10-11H2,1-4H3,(H,22,23)/t12-/m0/s1. The van der Waals surface area contributed by atoms with Crippen molar-refractivity contribution in [2.24, 2.45) is 0 Å². The first-order chi connectivity index (χ1) is 14.5. The van der Waals surface area contributed by atoms with E-state index in [1.807, 2.05) is 6.07 Å². The van der Waals surface area contributed by atoms with Crippen molar-refractivity contribution in [1.82, 2.24) is 5.32 Å². The van der Waals surface area contributed by atoms with Gasteiger partial charge in [-0.1, -0.05) is 6.07 Å². The van der Waals surface area contributed by atoms with Crippen LogP contribution in [0.2, 0.25) is 0 Å². The molecule has 30 heavy (non-hydrogen) atoms. The second kappa shape index (κ2) is 9.25. The molecule has 1 aliphatic rings. The van der Waals surface area contributed by atoms with Gasteiger partial charge in [-0.2, -0.15) is 0 Å². The van der Waals surface area contributed by atoms with Crippen LogP contribution in [0.5, 0.6) is 28.7 Å². The molecule has 0 fully saturated rings. The molecule has 0 radical (unpaired) electrons. The second-order valence-electron chi connectivity index (χ2n) is 6.36. The molecule has 160 valence electrons. The monoisotopic (exact) mass is 417 g/mol. The third-order valence-electron chi connectivity index (χ3n) is 4.48. The molecule has 0 aromatic heterocycles. The van der Waals surface area contributed by atoms with Crippen LogP contribution in [0, 0.1) is 0 Å². The first kappa shape index (κ1) is 21.1. The fourth-order valence-corrected chi connectivity index (χ4v) is 2.85. The van der Waals surface area contributed by atoms with Crippen molar-refractivity contribution in [3.05, 3.63) is 41.5 Å². The summed E-state index contributed by atoms with van der Waals surface area (Å²) in [5.41, 5.74) is 0.943. The van der Waals surface area contributed by atoms with Crippen molar-refractivity contribution in [2.45, 2.75) is 19.6 Å². The third-order valence-corrected chi connectivity index (χ3v) is 4.48. The number of ether oxygens (including phenoxy) is 6. The normalized spacial score (nSPS) is 12.7. The molecule has 1 atom stereocenters. The Hall–Kier alpha value is -3.62. The summed E-state index contributed by atoms with van der Waals surface area (Å²) in [6.45, 7) is 1.91. The van der Waals surface area contributed by atoms with Gasteiger partial charge in [0.1, 0.15) is 11.3 Å². The third kappa shape index (κ3) is 4.51. The van der Waals surface area contributed by atoms with Gasteiger partial charge in [0.2, 0.25) is 6.79 Å². The number of carbonyl (C=O) groups excluding carboxylic acids is 2. The highest BCUT2D eigenvalue weighted by Gasteiger charge is 2.24. The Balaban J connectivity index is 1.62. The van der Waals surface area contributed by atoms with Crippen LogP contribution >= 0.6 is 0 Å². The van der Waals surface area contributed by atoms with E-state index in [4.69, 9.17) is 28.4 Å². The minimum atomic E-state index is -1.02. The van der Waals surface area contributed by atoms with Crippen LogP contribution in [-0.4, -0.2) is 46.1 Å². The molecule has 0 aliphatic carbocycles. The smallest absolute Gasteiger partial charge is 0.342 e. The van der Waals surface area contributed by atoms with Gasteiger partial charge in [0.05, 0.1) is 21.3 Å². The van der Waals surface area contributed by atoms with Gasteiger partial charge in [-0.15, -0.1) is 0 Å². The molecule has 9 heteroatoms. The minimum Gasteiger partial charge on any atom is -0.496 e. The molecule has 2 aromatic carbocycles. The van der Waals surface area contributed by atoms with E-state index in [0.717, 1.165) is 5.56 Å². The Morgan fingerprint density at radius 2 is 1.63 bits per heavy atom. The van der Waals surface area contributed by atoms with Gasteiger partial charge < -0.3 is 33.7 Å². The van der Waals surface area contributed by atoms with Gasteiger partial charge in [-0.25, -0.2) is 4.79 Å². The zero-order chi connectivity index (χ0) is 21.7. The van der Waals surface area contributed by atoms with E-state index in [2.05, 4.69) is 5.32 Å². The van der Waals surface area contributed by atoms with E-state index < -0.39 is 18.0 Å². The predicted molar refractivity (Wildman–Crippen MR) is 105 cm³/mol. The average Bonchev–Trinajstić information content (AvgIpc) is 3.24. The lowest BCUT2D eigenvalue weighted by molar-refractivity contribution is -0.129. The van der Waals surface area contributed by atoms with Crippen molar-refractivity contribution in [2.75, 3.05) is 28.1 Å². The highest BCUT2D eigenvalue weighted by molar-refractivity contribution is 5.95. The van der Waals surface area contributed by atoms with E-state index in [9.17, 15) is 9.59 Å². The number of benzene rings is 2. The first-order valence-electron chi connectivity index (χ1n) is 9.14. The highest BCUT2D eigenvalue weighted by atomic mass is 16.7. The Labute approximate surface area is 173 Å². The number of nitrogens with one attached hydrogen (secondary N) is 1. The lowest BCUT2D eigenvalue weighted by Gasteiger charge is -2.16. The molecule has 1 N–H and O–H groups in total. The van der Waals surface area contributed by atoms with E-state index in [1.165, 1.54) is 40.4 Å². The van der Waals surface area contributed by atoms with Gasteiger partial charge in [0, 0.05) is 18.7 Å². The molecule has 0 unspecified atom stereocenters. The fourth-order valence-electron chi connectivity index (χ4n) is 2.85. The van der Waals surface area contributed by atoms with E-state index in [1.54, 1.807) is 12.1 Å². The number of carbonyl (C=O) groups is 2. The quantitative estimate of drug-likeness (QED) is 0.653. The van der Waals surface area contributed by atoms with Gasteiger partial charge >= 0.3 is 5.97 Å². The predicted octanol–water partition coefficient (Wildman–Crippen LogP) is 2.30. The summed E-state index contributed by atoms with van der Waals surface area (Å²) in [6, 6.07) is 8.33. The Morgan fingerprint density at radius 3 is 2.33 bits per heavy atom. The summed E-state index contributed by atoms with van der Waals surface area (Å²) >= 11 is 0. The van der Waals surface area contributed by atoms with Crippen LogP contribution in [0.15, 0.2) is 30.3 Å². The minimum absolute atomic E-state index is 0.116. The van der Waals surface area contributed by atoms with Crippen LogP contribution in [0.3, 0.4) is 0 Å². The molecule has 1 amide bonds. The van der Waals surface area contributed by atoms with Crippen molar-refractivity contribution < 1.29 is 38.0 Å². The van der Waals surface area contributed by atoms with Crippen LogP contribution in [0.25, 0.3) is 0 Å². The molecule has 2 aromatic rings. The number of hydrogen-bond acceptors (Lipinski definition) is 8. The maximum absolute atomic E-state index is 12.6. The molecule has 9 nitrogen and oxygen atoms in total. The van der Waals surface area contributed by atoms with Crippen molar-refractivity contribution in [3.63, 3.8) is 0 Å². The lowest BCUT2D eigenvalue weighted by atomic mass is 10.1. The Kier molecular flexibility index (Phi) is 6.51. The van der Waals surface area contributed by atoms with Crippen LogP contribution < -0.4 is 29.0 Å². The summed E-state index contributed by atoms with van der Waals surface area (Å²) in [6.07, 6.45) is -1.02. The molecule has 0 saturated carbocycles. The maximum Gasteiger partial charge on any atom is 0.342 e. The molecule has 1 heterocycles. The summed E-state index contributed by atoms with van der Waals surface area (Å²) in [7, 11) is 4.34. The summed E-state index contributed by atoms with van der Waals surface area (Å²) in [4.78, 5) is 25.0. The molecule has 0 saturated heterocycles. The first-order valence-corrected chi connectivity index (χ1v) is 9.14. The van der Waals surface area contributed by atoms with Crippen molar-refractivity contribution in [3.8, 4) is 28.7 Å². The van der Waals surface area contributed by atoms with E-state index in [0.29, 0.717) is 23.0 Å². The molecular formula is C21H23NO8. The zero-order valence-corrected chi connectivity index (χ0v) is 17.1. The lowest BCUT2D eigenvalue weighted by Crippen LogP contribution is -2.35. The van der Waals surface area contributed by atoms with Gasteiger partial charge in [-0.3, -0.25) is 4.79 Å². The van der Waals surface area contributed by atoms with Crippen LogP contribution in [0.4, 0.5) is 0 Å². The van der Waals surface area contributed by atoms with Gasteiger partial charge in [-0.05, 0) is 24.6 Å². The summed E-state index contributed by atoms with van der Waals surface area (Å²) in [5, 5.41) is 2.73. The second-order valence-corrected chi connectivity index (χ2v) is 6.36. The van der Waals surface area contributed by atoms with Crippen LogP contribution in [-0.2, 0) is 16.1 Å². The summed E-state index contributed by atoms with van der Waals surface area (Å²) in [5.74, 6) is 1.10. The number of fused-ring (bicyclic) bond motifs is 1. The Morgan fingerprint density at radius 1 is 0.967 bits per heavy atom. The largest absolute Gasteiger partial charge is 0.496 e. The summed E-state index contributed by atoms with van der Waals surface area (Å²) < 4.78 is 31.5. The number of hydrogen-bond donors (Lipinski definition) is 1. The SMILES string of the molecule is COc1cc(OC)c(C(=O)O[C@@H](C)C(=O)NCc2ccc3c(c2)OCO3)cc1OC. The molecular weight excluding hydrogens is 394 g/mol. The molecule has 0 spiro atoms. The average molecular weight is 417 g/mol. The van der Waals surface area contributed by atoms with Crippen LogP contribution in [0.1, 0.15) is 22.8 Å².